The van der Waals surface area contributed by atoms with Crippen molar-refractivity contribution in [2.75, 3.05) is 12.3 Å². The average molecular weight is 283 g/mol. The van der Waals surface area contributed by atoms with Gasteiger partial charge in [-0.25, -0.2) is 4.98 Å². The summed E-state index contributed by atoms with van der Waals surface area (Å²) < 4.78 is 7.24. The van der Waals surface area contributed by atoms with Crippen LogP contribution in [0, 0.1) is 0 Å². The second-order valence-electron chi connectivity index (χ2n) is 4.72. The van der Waals surface area contributed by atoms with Gasteiger partial charge >= 0.3 is 0 Å². The van der Waals surface area contributed by atoms with Gasteiger partial charge in [-0.15, -0.1) is 0 Å². The Bertz CT molecular complexity index is 763. The average Bonchev–Trinajstić information content (AvgIpc) is 2.85. The minimum absolute atomic E-state index is 0.0123. The maximum atomic E-state index is 9.19. The topological polar surface area (TPSA) is 72.8 Å². The predicted octanol–water partition coefficient (Wildman–Crippen LogP) is 2.47. The summed E-state index contributed by atoms with van der Waals surface area (Å²) in [6.45, 7) is 2.58. The molecule has 0 atom stereocenters. The van der Waals surface area contributed by atoms with Crippen LogP contribution in [0.2, 0.25) is 0 Å². The van der Waals surface area contributed by atoms with E-state index in [-0.39, 0.29) is 6.61 Å². The lowest BCUT2D eigenvalue weighted by molar-refractivity contribution is 0.282. The highest BCUT2D eigenvalue weighted by molar-refractivity contribution is 5.75. The third-order valence-electron chi connectivity index (χ3n) is 3.35. The Kier molecular flexibility index (Phi) is 3.50. The number of aromatic nitrogens is 2. The van der Waals surface area contributed by atoms with E-state index in [1.54, 1.807) is 0 Å². The highest BCUT2D eigenvalue weighted by atomic mass is 16.5. The van der Waals surface area contributed by atoms with Gasteiger partial charge in [0.05, 0.1) is 13.2 Å². The van der Waals surface area contributed by atoms with E-state index in [9.17, 15) is 5.11 Å². The van der Waals surface area contributed by atoms with Crippen LogP contribution in [0.3, 0.4) is 0 Å². The monoisotopic (exact) mass is 283 g/mol. The van der Waals surface area contributed by atoms with E-state index in [1.165, 1.54) is 0 Å². The molecule has 1 aromatic carbocycles. The van der Waals surface area contributed by atoms with Crippen molar-refractivity contribution in [3.8, 4) is 17.0 Å². The van der Waals surface area contributed by atoms with E-state index in [0.717, 1.165) is 28.2 Å². The zero-order valence-corrected chi connectivity index (χ0v) is 11.8. The first-order valence-electron chi connectivity index (χ1n) is 6.83. The lowest BCUT2D eigenvalue weighted by Gasteiger charge is -2.04. The molecule has 0 unspecified atom stereocenters. The Labute approximate surface area is 122 Å². The number of hydrogen-bond acceptors (Lipinski definition) is 4. The van der Waals surface area contributed by atoms with E-state index in [0.29, 0.717) is 12.4 Å². The number of nitrogens with zero attached hydrogens (tertiary/aromatic N) is 2. The number of nitrogens with two attached hydrogens (primary N) is 1. The molecular weight excluding hydrogens is 266 g/mol. The maximum Gasteiger partial charge on any atom is 0.139 e. The SMILES string of the molecule is CCOc1ccc(-c2nc3cc(CO)ccn3c2N)cc1. The molecule has 0 aliphatic carbocycles. The molecule has 0 aliphatic heterocycles. The van der Waals surface area contributed by atoms with Crippen molar-refractivity contribution in [3.05, 3.63) is 48.2 Å². The summed E-state index contributed by atoms with van der Waals surface area (Å²) in [5, 5.41) is 9.19. The number of aliphatic hydroxyl groups is 1. The summed E-state index contributed by atoms with van der Waals surface area (Å²) in [5.74, 6) is 1.41. The van der Waals surface area contributed by atoms with Gasteiger partial charge in [0.15, 0.2) is 0 Å². The fourth-order valence-corrected chi connectivity index (χ4v) is 2.29. The predicted molar refractivity (Wildman–Crippen MR) is 82.1 cm³/mol. The normalized spacial score (nSPS) is 11.0. The van der Waals surface area contributed by atoms with Gasteiger partial charge in [-0.1, -0.05) is 0 Å². The molecule has 21 heavy (non-hydrogen) atoms. The molecular formula is C16H17N3O2. The highest BCUT2D eigenvalue weighted by Crippen LogP contribution is 2.28. The summed E-state index contributed by atoms with van der Waals surface area (Å²) >= 11 is 0. The zero-order valence-electron chi connectivity index (χ0n) is 11.8. The summed E-state index contributed by atoms with van der Waals surface area (Å²) in [6.07, 6.45) is 1.82. The molecule has 0 spiro atoms. The number of pyridine rings is 1. The van der Waals surface area contributed by atoms with Crippen LogP contribution < -0.4 is 10.5 Å². The quantitative estimate of drug-likeness (QED) is 0.771. The number of hydrogen-bond donors (Lipinski definition) is 2. The fourth-order valence-electron chi connectivity index (χ4n) is 2.29. The van der Waals surface area contributed by atoms with Crippen LogP contribution in [0.25, 0.3) is 16.9 Å². The van der Waals surface area contributed by atoms with Crippen molar-refractivity contribution in [3.63, 3.8) is 0 Å². The molecule has 0 aliphatic rings. The standard InChI is InChI=1S/C16H17N3O2/c1-2-21-13-5-3-12(4-6-13)15-16(17)19-8-7-11(10-20)9-14(19)18-15/h3-9,20H,2,10,17H2,1H3. The van der Waals surface area contributed by atoms with E-state index >= 15 is 0 Å². The van der Waals surface area contributed by atoms with Gasteiger partial charge in [-0.3, -0.25) is 4.40 Å². The first-order chi connectivity index (χ1) is 10.2. The van der Waals surface area contributed by atoms with Crippen LogP contribution in [0.5, 0.6) is 5.75 Å². The summed E-state index contributed by atoms with van der Waals surface area (Å²) in [6, 6.07) is 11.3. The van der Waals surface area contributed by atoms with E-state index < -0.39 is 0 Å². The molecule has 108 valence electrons. The summed E-state index contributed by atoms with van der Waals surface area (Å²) in [5.41, 5.74) is 9.37. The summed E-state index contributed by atoms with van der Waals surface area (Å²) in [4.78, 5) is 4.55. The molecule has 2 aromatic heterocycles. The molecule has 5 nitrogen and oxygen atoms in total. The minimum atomic E-state index is -0.0123. The summed E-state index contributed by atoms with van der Waals surface area (Å²) in [7, 11) is 0. The van der Waals surface area contributed by atoms with Crippen molar-refractivity contribution in [2.45, 2.75) is 13.5 Å². The van der Waals surface area contributed by atoms with Gasteiger partial charge < -0.3 is 15.6 Å². The smallest absolute Gasteiger partial charge is 0.139 e. The number of benzene rings is 1. The molecule has 5 heteroatoms. The van der Waals surface area contributed by atoms with Crippen LogP contribution in [-0.2, 0) is 6.61 Å². The molecule has 0 saturated heterocycles. The lowest BCUT2D eigenvalue weighted by Crippen LogP contribution is -1.95. The Morgan fingerprint density at radius 1 is 1.24 bits per heavy atom. The molecule has 0 fully saturated rings. The first-order valence-corrected chi connectivity index (χ1v) is 6.83. The van der Waals surface area contributed by atoms with Crippen molar-refractivity contribution in [2.24, 2.45) is 0 Å². The number of aliphatic hydroxyl groups excluding tert-OH is 1. The number of anilines is 1. The van der Waals surface area contributed by atoms with E-state index in [2.05, 4.69) is 4.98 Å². The number of rotatable bonds is 4. The minimum Gasteiger partial charge on any atom is -0.494 e. The molecule has 2 heterocycles. The molecule has 0 bridgehead atoms. The molecule has 0 amide bonds. The maximum absolute atomic E-state index is 9.19. The number of nitrogen functional groups attached to an aromatic ring is 1. The van der Waals surface area contributed by atoms with Crippen molar-refractivity contribution < 1.29 is 9.84 Å². The Morgan fingerprint density at radius 2 is 2.00 bits per heavy atom. The van der Waals surface area contributed by atoms with Crippen molar-refractivity contribution >= 4 is 11.5 Å². The number of ether oxygens (including phenoxy) is 1. The van der Waals surface area contributed by atoms with Gasteiger partial charge in [0.25, 0.3) is 0 Å². The number of fused-ring (bicyclic) bond motifs is 1. The van der Waals surface area contributed by atoms with Crippen molar-refractivity contribution in [1.82, 2.24) is 9.38 Å². The van der Waals surface area contributed by atoms with Gasteiger partial charge in [-0.05, 0) is 48.9 Å². The fraction of sp³-hybridized carbons (Fsp3) is 0.188. The van der Waals surface area contributed by atoms with Crippen molar-refractivity contribution in [1.29, 1.82) is 0 Å². The Balaban J connectivity index is 2.05. The van der Waals surface area contributed by atoms with Gasteiger partial charge in [-0.2, -0.15) is 0 Å². The van der Waals surface area contributed by atoms with Crippen LogP contribution in [0.15, 0.2) is 42.6 Å². The van der Waals surface area contributed by atoms with Crippen LogP contribution in [0.4, 0.5) is 5.82 Å². The Hall–Kier alpha value is -2.53. The van der Waals surface area contributed by atoms with Gasteiger partial charge in [0.2, 0.25) is 0 Å². The first kappa shape index (κ1) is 13.5. The van der Waals surface area contributed by atoms with Crippen LogP contribution in [-0.4, -0.2) is 21.1 Å². The third kappa shape index (κ3) is 2.43. The molecule has 0 radical (unpaired) electrons. The molecule has 0 saturated carbocycles. The molecule has 3 N–H and O–H groups in total. The number of imidazole rings is 1. The van der Waals surface area contributed by atoms with Crippen LogP contribution in [0.1, 0.15) is 12.5 Å². The largest absolute Gasteiger partial charge is 0.494 e. The second kappa shape index (κ2) is 5.46. The van der Waals surface area contributed by atoms with Gasteiger partial charge in [0.1, 0.15) is 22.9 Å². The van der Waals surface area contributed by atoms with E-state index in [4.69, 9.17) is 10.5 Å². The third-order valence-corrected chi connectivity index (χ3v) is 3.35. The van der Waals surface area contributed by atoms with Crippen LogP contribution >= 0.6 is 0 Å². The zero-order chi connectivity index (χ0) is 14.8. The Morgan fingerprint density at radius 3 is 2.67 bits per heavy atom. The molecule has 3 rings (SSSR count). The highest BCUT2D eigenvalue weighted by Gasteiger charge is 2.11. The second-order valence-corrected chi connectivity index (χ2v) is 4.72. The van der Waals surface area contributed by atoms with E-state index in [1.807, 2.05) is 53.9 Å². The lowest BCUT2D eigenvalue weighted by atomic mass is 10.1. The van der Waals surface area contributed by atoms with Gasteiger partial charge in [0, 0.05) is 11.8 Å². The molecule has 3 aromatic rings.